The lowest BCUT2D eigenvalue weighted by molar-refractivity contribution is -0.137. The Morgan fingerprint density at radius 1 is 1.15 bits per heavy atom. The second kappa shape index (κ2) is 5.16. The van der Waals surface area contributed by atoms with E-state index in [9.17, 15) is 18.0 Å². The number of ether oxygens (including phenoxy) is 1. The van der Waals surface area contributed by atoms with Crippen molar-refractivity contribution < 1.29 is 27.8 Å². The Morgan fingerprint density at radius 2 is 1.90 bits per heavy atom. The normalized spacial score (nSPS) is 11.2. The highest BCUT2D eigenvalue weighted by Crippen LogP contribution is 2.29. The summed E-state index contributed by atoms with van der Waals surface area (Å²) >= 11 is 0. The molecule has 2 rings (SSSR count). The van der Waals surface area contributed by atoms with Crippen molar-refractivity contribution in [3.63, 3.8) is 0 Å². The molecule has 0 aliphatic carbocycles. The molecule has 0 aliphatic heterocycles. The van der Waals surface area contributed by atoms with Crippen LogP contribution in [0.15, 0.2) is 36.5 Å². The van der Waals surface area contributed by atoms with Crippen LogP contribution in [-0.4, -0.2) is 21.0 Å². The molecule has 0 spiro atoms. The molecule has 1 N–H and O–H groups in total. The average Bonchev–Trinajstić information content (AvgIpc) is 2.38. The number of hydrogen-bond acceptors (Lipinski definition) is 4. The summed E-state index contributed by atoms with van der Waals surface area (Å²) in [4.78, 5) is 17.8. The van der Waals surface area contributed by atoms with Gasteiger partial charge in [0.15, 0.2) is 5.69 Å². The molecule has 0 bridgehead atoms. The minimum atomic E-state index is -4.48. The first kappa shape index (κ1) is 13.8. The summed E-state index contributed by atoms with van der Waals surface area (Å²) in [6.45, 7) is 0. The molecular weight excluding hydrogens is 277 g/mol. The molecule has 0 atom stereocenters. The number of carboxylic acid groups (broad SMARTS) is 1. The molecule has 5 nitrogen and oxygen atoms in total. The largest absolute Gasteiger partial charge is 0.477 e. The predicted octanol–water partition coefficient (Wildman–Crippen LogP) is 2.99. The van der Waals surface area contributed by atoms with Crippen molar-refractivity contribution in [2.45, 2.75) is 6.18 Å². The van der Waals surface area contributed by atoms with Gasteiger partial charge in [0.2, 0.25) is 11.8 Å². The van der Waals surface area contributed by atoms with E-state index in [-0.39, 0.29) is 17.5 Å². The van der Waals surface area contributed by atoms with Crippen molar-refractivity contribution in [3.8, 4) is 11.8 Å². The van der Waals surface area contributed by atoms with Crippen molar-refractivity contribution in [1.29, 1.82) is 0 Å². The third-order valence-corrected chi connectivity index (χ3v) is 2.22. The van der Waals surface area contributed by atoms with E-state index < -0.39 is 17.7 Å². The van der Waals surface area contributed by atoms with Crippen LogP contribution in [0.5, 0.6) is 11.8 Å². The van der Waals surface area contributed by atoms with E-state index in [4.69, 9.17) is 9.84 Å². The third kappa shape index (κ3) is 3.22. The monoisotopic (exact) mass is 284 g/mol. The SMILES string of the molecule is O=C(O)c1cccc(Oc2ccc(C(F)(F)F)cn2)n1. The van der Waals surface area contributed by atoms with Crippen molar-refractivity contribution in [1.82, 2.24) is 9.97 Å². The molecule has 0 fully saturated rings. The number of nitrogens with zero attached hydrogens (tertiary/aromatic N) is 2. The van der Waals surface area contributed by atoms with Gasteiger partial charge in [0.1, 0.15) is 0 Å². The van der Waals surface area contributed by atoms with E-state index in [0.717, 1.165) is 12.1 Å². The van der Waals surface area contributed by atoms with Crippen LogP contribution in [0.2, 0.25) is 0 Å². The van der Waals surface area contributed by atoms with Crippen LogP contribution in [0.3, 0.4) is 0 Å². The average molecular weight is 284 g/mol. The fraction of sp³-hybridized carbons (Fsp3) is 0.0833. The lowest BCUT2D eigenvalue weighted by Crippen LogP contribution is -2.05. The maximum absolute atomic E-state index is 12.3. The molecule has 2 aromatic heterocycles. The number of hydrogen-bond donors (Lipinski definition) is 1. The van der Waals surface area contributed by atoms with Crippen molar-refractivity contribution in [2.75, 3.05) is 0 Å². The summed E-state index contributed by atoms with van der Waals surface area (Å²) in [5.41, 5.74) is -1.15. The van der Waals surface area contributed by atoms with Crippen LogP contribution in [0.25, 0.3) is 0 Å². The van der Waals surface area contributed by atoms with Gasteiger partial charge in [0, 0.05) is 18.3 Å². The van der Waals surface area contributed by atoms with Gasteiger partial charge in [0.25, 0.3) is 0 Å². The topological polar surface area (TPSA) is 72.3 Å². The zero-order valence-electron chi connectivity index (χ0n) is 9.76. The summed E-state index contributed by atoms with van der Waals surface area (Å²) in [5, 5.41) is 8.74. The van der Waals surface area contributed by atoms with E-state index in [1.165, 1.54) is 18.2 Å². The summed E-state index contributed by atoms with van der Waals surface area (Å²) in [6, 6.07) is 5.86. The van der Waals surface area contributed by atoms with E-state index in [2.05, 4.69) is 9.97 Å². The van der Waals surface area contributed by atoms with Crippen molar-refractivity contribution >= 4 is 5.97 Å². The van der Waals surface area contributed by atoms with Gasteiger partial charge >= 0.3 is 12.1 Å². The standard InChI is InChI=1S/C12H7F3N2O3/c13-12(14,15)7-4-5-9(16-6-7)20-10-3-1-2-8(17-10)11(18)19/h1-6H,(H,18,19). The Morgan fingerprint density at radius 3 is 2.45 bits per heavy atom. The summed E-state index contributed by atoms with van der Waals surface area (Å²) in [5.74, 6) is -1.43. The van der Waals surface area contributed by atoms with Gasteiger partial charge in [0.05, 0.1) is 5.56 Å². The fourth-order valence-electron chi connectivity index (χ4n) is 1.31. The number of rotatable bonds is 3. The minimum Gasteiger partial charge on any atom is -0.477 e. The maximum Gasteiger partial charge on any atom is 0.417 e. The molecule has 8 heteroatoms. The zero-order valence-corrected chi connectivity index (χ0v) is 9.76. The van der Waals surface area contributed by atoms with Gasteiger partial charge in [-0.25, -0.2) is 14.8 Å². The zero-order chi connectivity index (χ0) is 14.8. The van der Waals surface area contributed by atoms with Crippen LogP contribution in [0.1, 0.15) is 16.1 Å². The van der Waals surface area contributed by atoms with Gasteiger partial charge in [-0.15, -0.1) is 0 Å². The van der Waals surface area contributed by atoms with Crippen LogP contribution >= 0.6 is 0 Å². The van der Waals surface area contributed by atoms with Gasteiger partial charge in [-0.05, 0) is 12.1 Å². The van der Waals surface area contributed by atoms with Gasteiger partial charge in [-0.3, -0.25) is 0 Å². The quantitative estimate of drug-likeness (QED) is 0.938. The first-order chi connectivity index (χ1) is 9.36. The van der Waals surface area contributed by atoms with Crippen LogP contribution in [0, 0.1) is 0 Å². The van der Waals surface area contributed by atoms with E-state index >= 15 is 0 Å². The molecule has 0 unspecified atom stereocenters. The number of aromatic nitrogens is 2. The summed E-state index contributed by atoms with van der Waals surface area (Å²) in [6.07, 6.45) is -3.86. The molecule has 0 aromatic carbocycles. The lowest BCUT2D eigenvalue weighted by atomic mass is 10.3. The van der Waals surface area contributed by atoms with E-state index in [1.807, 2.05) is 0 Å². The van der Waals surface area contributed by atoms with Crippen molar-refractivity contribution in [3.05, 3.63) is 47.8 Å². The number of pyridine rings is 2. The molecule has 0 saturated carbocycles. The van der Waals surface area contributed by atoms with Crippen LogP contribution in [-0.2, 0) is 6.18 Å². The molecule has 0 aliphatic rings. The number of alkyl halides is 3. The van der Waals surface area contributed by atoms with Crippen molar-refractivity contribution in [2.24, 2.45) is 0 Å². The Labute approximate surface area is 110 Å². The highest BCUT2D eigenvalue weighted by molar-refractivity contribution is 5.85. The maximum atomic E-state index is 12.3. The number of carboxylic acids is 1. The Hall–Kier alpha value is -2.64. The number of halogens is 3. The lowest BCUT2D eigenvalue weighted by Gasteiger charge is -2.07. The molecule has 0 amide bonds. The minimum absolute atomic E-state index is 0.0721. The highest BCUT2D eigenvalue weighted by Gasteiger charge is 2.30. The Kier molecular flexibility index (Phi) is 3.55. The van der Waals surface area contributed by atoms with Gasteiger partial charge in [-0.2, -0.15) is 13.2 Å². The van der Waals surface area contributed by atoms with E-state index in [1.54, 1.807) is 0 Å². The number of aromatic carboxylic acids is 1. The molecular formula is C12H7F3N2O3. The van der Waals surface area contributed by atoms with Crippen LogP contribution in [0.4, 0.5) is 13.2 Å². The second-order valence-corrected chi connectivity index (χ2v) is 3.65. The summed E-state index contributed by atoms with van der Waals surface area (Å²) in [7, 11) is 0. The fourth-order valence-corrected chi connectivity index (χ4v) is 1.31. The predicted molar refractivity (Wildman–Crippen MR) is 60.5 cm³/mol. The molecule has 2 aromatic rings. The van der Waals surface area contributed by atoms with E-state index in [0.29, 0.717) is 6.20 Å². The molecule has 20 heavy (non-hydrogen) atoms. The first-order valence-electron chi connectivity index (χ1n) is 5.28. The molecule has 2 heterocycles. The number of carbonyl (C=O) groups is 1. The van der Waals surface area contributed by atoms with Crippen LogP contribution < -0.4 is 4.74 Å². The van der Waals surface area contributed by atoms with Gasteiger partial charge in [-0.1, -0.05) is 6.07 Å². The molecule has 104 valence electrons. The van der Waals surface area contributed by atoms with Gasteiger partial charge < -0.3 is 9.84 Å². The second-order valence-electron chi connectivity index (χ2n) is 3.65. The smallest absolute Gasteiger partial charge is 0.417 e. The summed E-state index contributed by atoms with van der Waals surface area (Å²) < 4.78 is 42.1. The molecule has 0 saturated heterocycles. The Bertz CT molecular complexity index is 627. The first-order valence-corrected chi connectivity index (χ1v) is 5.28. The molecule has 0 radical (unpaired) electrons. The Balaban J connectivity index is 2.18. The highest BCUT2D eigenvalue weighted by atomic mass is 19.4. The third-order valence-electron chi connectivity index (χ3n) is 2.22.